The number of anilines is 1. The molecule has 232 valence electrons. The SMILES string of the molecule is CCCc1c(O)c2c(=O)cc(CO)c3c4c(CO)cc(NC5CCCC5)c5c(=O)c(OC)c6c(c(c1C=C(C)C6C(C)=O)c23)c54. The van der Waals surface area contributed by atoms with Crippen molar-refractivity contribution in [2.75, 3.05) is 12.4 Å². The highest BCUT2D eigenvalue weighted by Gasteiger charge is 2.36. The number of phenols is 1. The van der Waals surface area contributed by atoms with E-state index in [1.165, 1.54) is 20.1 Å². The lowest BCUT2D eigenvalue weighted by molar-refractivity contribution is -0.117. The third-order valence-corrected chi connectivity index (χ3v) is 10.1. The van der Waals surface area contributed by atoms with Gasteiger partial charge >= 0.3 is 0 Å². The molecule has 4 N–H and O–H groups in total. The monoisotopic (exact) mass is 607 g/mol. The van der Waals surface area contributed by atoms with E-state index >= 15 is 0 Å². The van der Waals surface area contributed by atoms with E-state index in [0.717, 1.165) is 25.7 Å². The molecule has 1 unspecified atom stereocenters. The van der Waals surface area contributed by atoms with Crippen LogP contribution in [0.3, 0.4) is 0 Å². The van der Waals surface area contributed by atoms with Gasteiger partial charge in [-0.05, 0) is 83.5 Å². The number of aromatic hydroxyl groups is 1. The Hall–Kier alpha value is -4.27. The number of phenolic OH excluding ortho intramolecular Hbond substituents is 1. The Labute approximate surface area is 259 Å². The number of methoxy groups -OCH3 is 1. The summed E-state index contributed by atoms with van der Waals surface area (Å²) >= 11 is 0. The molecule has 5 aromatic rings. The van der Waals surface area contributed by atoms with Crippen LogP contribution in [0.2, 0.25) is 0 Å². The Morgan fingerprint density at radius 1 is 0.933 bits per heavy atom. The van der Waals surface area contributed by atoms with Gasteiger partial charge in [0.1, 0.15) is 11.5 Å². The number of hydrogen-bond acceptors (Lipinski definition) is 8. The summed E-state index contributed by atoms with van der Waals surface area (Å²) in [5.41, 5.74) is 3.05. The van der Waals surface area contributed by atoms with E-state index < -0.39 is 18.0 Å². The topological polar surface area (TPSA) is 133 Å². The number of hydrogen-bond donors (Lipinski definition) is 4. The van der Waals surface area contributed by atoms with Crippen LogP contribution >= 0.6 is 0 Å². The average molecular weight is 608 g/mol. The van der Waals surface area contributed by atoms with Gasteiger partial charge in [0.25, 0.3) is 0 Å². The molecular formula is C37H37NO7. The number of aliphatic hydroxyl groups is 2. The summed E-state index contributed by atoms with van der Waals surface area (Å²) in [6, 6.07) is 3.30. The highest BCUT2D eigenvalue weighted by atomic mass is 16.5. The number of ether oxygens (including phenoxy) is 1. The van der Waals surface area contributed by atoms with Crippen LogP contribution in [-0.4, -0.2) is 34.3 Å². The molecule has 2 aliphatic carbocycles. The van der Waals surface area contributed by atoms with Crippen LogP contribution in [0.5, 0.6) is 11.5 Å². The Balaban J connectivity index is 1.91. The van der Waals surface area contributed by atoms with Crippen LogP contribution in [0.4, 0.5) is 5.69 Å². The zero-order chi connectivity index (χ0) is 31.9. The fourth-order valence-corrected chi connectivity index (χ4v) is 8.42. The number of benzene rings is 5. The molecule has 45 heavy (non-hydrogen) atoms. The van der Waals surface area contributed by atoms with Crippen molar-refractivity contribution in [1.29, 1.82) is 0 Å². The van der Waals surface area contributed by atoms with E-state index in [2.05, 4.69) is 5.32 Å². The minimum absolute atomic E-state index is 0.0675. The summed E-state index contributed by atoms with van der Waals surface area (Å²) in [5.74, 6) is -1.05. The normalized spacial score (nSPS) is 16.8. The Morgan fingerprint density at radius 3 is 2.18 bits per heavy atom. The van der Waals surface area contributed by atoms with E-state index in [0.29, 0.717) is 89.6 Å². The molecule has 7 rings (SSSR count). The van der Waals surface area contributed by atoms with Gasteiger partial charge in [0.15, 0.2) is 11.2 Å². The first-order chi connectivity index (χ1) is 21.7. The van der Waals surface area contributed by atoms with Gasteiger partial charge < -0.3 is 25.4 Å². The molecule has 0 amide bonds. The molecule has 0 saturated heterocycles. The fourth-order valence-electron chi connectivity index (χ4n) is 8.42. The quantitative estimate of drug-likeness (QED) is 0.125. The number of carbonyl (C=O) groups is 1. The summed E-state index contributed by atoms with van der Waals surface area (Å²) < 4.78 is 5.91. The molecule has 0 spiro atoms. The second-order valence-corrected chi connectivity index (χ2v) is 12.8. The smallest absolute Gasteiger partial charge is 0.230 e. The van der Waals surface area contributed by atoms with Gasteiger partial charge in [-0.2, -0.15) is 0 Å². The van der Waals surface area contributed by atoms with Crippen molar-refractivity contribution in [1.82, 2.24) is 0 Å². The summed E-state index contributed by atoms with van der Waals surface area (Å²) in [7, 11) is 1.44. The number of rotatable bonds is 8. The number of carbonyl (C=O) groups excluding carboxylic acids is 1. The molecule has 0 radical (unpaired) electrons. The molecule has 0 aliphatic heterocycles. The van der Waals surface area contributed by atoms with Crippen LogP contribution < -0.4 is 20.9 Å². The molecular weight excluding hydrogens is 570 g/mol. The third kappa shape index (κ3) is 3.95. The van der Waals surface area contributed by atoms with Crippen molar-refractivity contribution < 1.29 is 24.9 Å². The number of aliphatic hydroxyl groups excluding tert-OH is 2. The minimum Gasteiger partial charge on any atom is -0.507 e. The van der Waals surface area contributed by atoms with Gasteiger partial charge in [0.05, 0.1) is 37.0 Å². The molecule has 5 aromatic carbocycles. The second-order valence-electron chi connectivity index (χ2n) is 12.8. The second kappa shape index (κ2) is 10.7. The molecule has 1 saturated carbocycles. The van der Waals surface area contributed by atoms with Gasteiger partial charge in [-0.1, -0.05) is 37.8 Å². The van der Waals surface area contributed by atoms with E-state index in [9.17, 15) is 29.7 Å². The largest absolute Gasteiger partial charge is 0.507 e. The van der Waals surface area contributed by atoms with Gasteiger partial charge in [0.2, 0.25) is 5.43 Å². The third-order valence-electron chi connectivity index (χ3n) is 10.1. The summed E-state index contributed by atoms with van der Waals surface area (Å²) in [6.45, 7) is 4.49. The Morgan fingerprint density at radius 2 is 1.58 bits per heavy atom. The maximum absolute atomic E-state index is 14.7. The van der Waals surface area contributed by atoms with Crippen molar-refractivity contribution >= 4 is 60.6 Å². The zero-order valence-corrected chi connectivity index (χ0v) is 26.0. The number of ketones is 1. The van der Waals surface area contributed by atoms with Crippen LogP contribution in [0, 0.1) is 0 Å². The van der Waals surface area contributed by atoms with Crippen molar-refractivity contribution in [2.45, 2.75) is 84.5 Å². The lowest BCUT2D eigenvalue weighted by atomic mass is 9.78. The molecule has 0 heterocycles. The molecule has 1 fully saturated rings. The average Bonchev–Trinajstić information content (AvgIpc) is 3.48. The van der Waals surface area contributed by atoms with Crippen LogP contribution in [-0.2, 0) is 24.4 Å². The highest BCUT2D eigenvalue weighted by Crippen LogP contribution is 2.54. The maximum atomic E-state index is 14.7. The summed E-state index contributed by atoms with van der Waals surface area (Å²) in [4.78, 5) is 42.0. The Kier molecular flexibility index (Phi) is 6.98. The van der Waals surface area contributed by atoms with E-state index in [-0.39, 0.29) is 40.7 Å². The fraction of sp³-hybridized carbons (Fsp3) is 0.378. The maximum Gasteiger partial charge on any atom is 0.230 e. The van der Waals surface area contributed by atoms with E-state index in [4.69, 9.17) is 4.74 Å². The first kappa shape index (κ1) is 29.4. The lowest BCUT2D eigenvalue weighted by Gasteiger charge is -2.26. The van der Waals surface area contributed by atoms with Crippen molar-refractivity contribution in [3.63, 3.8) is 0 Å². The highest BCUT2D eigenvalue weighted by molar-refractivity contribution is 6.39. The van der Waals surface area contributed by atoms with Gasteiger partial charge in [-0.3, -0.25) is 14.4 Å². The number of nitrogens with one attached hydrogen (secondary N) is 1. The summed E-state index contributed by atoms with van der Waals surface area (Å²) in [6.07, 6.45) is 7.13. The number of fused-ring (bicyclic) bond motifs is 1. The predicted molar refractivity (Wildman–Crippen MR) is 178 cm³/mol. The van der Waals surface area contributed by atoms with Crippen LogP contribution in [0.1, 0.15) is 86.6 Å². The number of allylic oxidation sites excluding steroid dienone is 1. The zero-order valence-electron chi connectivity index (χ0n) is 26.0. The molecule has 8 heteroatoms. The van der Waals surface area contributed by atoms with Crippen LogP contribution in [0.25, 0.3) is 49.2 Å². The Bertz CT molecular complexity index is 2210. The van der Waals surface area contributed by atoms with Crippen molar-refractivity contribution in [3.8, 4) is 11.5 Å². The van der Waals surface area contributed by atoms with Gasteiger partial charge in [0, 0.05) is 33.6 Å². The molecule has 2 aliphatic rings. The van der Waals surface area contributed by atoms with E-state index in [1.54, 1.807) is 6.07 Å². The van der Waals surface area contributed by atoms with Gasteiger partial charge in [-0.25, -0.2) is 0 Å². The predicted octanol–water partition coefficient (Wildman–Crippen LogP) is 5.99. The molecule has 0 aromatic heterocycles. The first-order valence-electron chi connectivity index (χ1n) is 15.8. The van der Waals surface area contributed by atoms with Crippen molar-refractivity contribution in [3.05, 3.63) is 66.0 Å². The molecule has 1 atom stereocenters. The van der Waals surface area contributed by atoms with Gasteiger partial charge in [-0.15, -0.1) is 0 Å². The number of Topliss-reactive ketones (excluding diaryl/α,β-unsaturated/α-hetero) is 1. The first-order valence-corrected chi connectivity index (χ1v) is 15.8. The van der Waals surface area contributed by atoms with E-state index in [1.807, 2.05) is 19.9 Å². The lowest BCUT2D eigenvalue weighted by Crippen LogP contribution is -2.21. The molecule has 8 nitrogen and oxygen atoms in total. The van der Waals surface area contributed by atoms with Crippen LogP contribution in [0.15, 0.2) is 27.3 Å². The minimum atomic E-state index is -0.822. The standard InChI is InChI=1S/C37H37NO7/c1-5-8-21-22-11-16(2)25(17(3)41)34-33-28(22)31-27(19(15-40)13-24(42)30(31)35(21)43)26-18(14-39)12-23(38-20-9-6-7-10-20)29(32(26)33)36(44)37(34)45-4/h11-13,20,25,38-40,43H,5-10,14-15H2,1-4H3. The molecule has 0 bridgehead atoms. The van der Waals surface area contributed by atoms with Crippen molar-refractivity contribution in [2.24, 2.45) is 0 Å². The summed E-state index contributed by atoms with van der Waals surface area (Å²) in [5, 5.41) is 40.7.